The zero-order chi connectivity index (χ0) is 20.1. The Hall–Kier alpha value is -3.53. The van der Waals surface area contributed by atoms with Gasteiger partial charge in [-0.25, -0.2) is 0 Å². The van der Waals surface area contributed by atoms with E-state index in [0.29, 0.717) is 18.8 Å². The second-order valence-corrected chi connectivity index (χ2v) is 7.18. The highest BCUT2D eigenvalue weighted by molar-refractivity contribution is 5.91. The first-order valence-electron chi connectivity index (χ1n) is 9.76. The van der Waals surface area contributed by atoms with Gasteiger partial charge in [0.15, 0.2) is 5.76 Å². The quantitative estimate of drug-likeness (QED) is 0.435. The zero-order valence-corrected chi connectivity index (χ0v) is 16.5. The van der Waals surface area contributed by atoms with Gasteiger partial charge in [-0.3, -0.25) is 4.79 Å². The largest absolute Gasteiger partial charge is 0.459 e. The molecule has 2 heterocycles. The van der Waals surface area contributed by atoms with Crippen LogP contribution in [0, 0.1) is 6.92 Å². The lowest BCUT2D eigenvalue weighted by atomic mass is 10.1. The van der Waals surface area contributed by atoms with Crippen molar-refractivity contribution in [3.63, 3.8) is 0 Å². The van der Waals surface area contributed by atoms with Crippen LogP contribution in [0.2, 0.25) is 0 Å². The maximum Gasteiger partial charge on any atom is 0.290 e. The number of aromatic nitrogens is 1. The standard InChI is InChI=1S/C25H24N2O2/c1-20-9-5-6-12-22(20)18-26-15-7-13-23(26)19-27(17-21-10-3-2-4-11-21)25(28)24-14-8-16-29-24/h2-16H,17-19H2,1H3. The van der Waals surface area contributed by atoms with E-state index < -0.39 is 0 Å². The lowest BCUT2D eigenvalue weighted by Crippen LogP contribution is -2.30. The zero-order valence-electron chi connectivity index (χ0n) is 16.5. The molecule has 146 valence electrons. The van der Waals surface area contributed by atoms with E-state index >= 15 is 0 Å². The Balaban J connectivity index is 1.59. The number of aryl methyl sites for hydroxylation is 1. The van der Waals surface area contributed by atoms with Crippen LogP contribution in [0.3, 0.4) is 0 Å². The molecule has 4 heteroatoms. The third kappa shape index (κ3) is 4.49. The summed E-state index contributed by atoms with van der Waals surface area (Å²) >= 11 is 0. The smallest absolute Gasteiger partial charge is 0.290 e. The third-order valence-corrected chi connectivity index (χ3v) is 5.11. The maximum atomic E-state index is 13.1. The molecule has 0 fully saturated rings. The third-order valence-electron chi connectivity index (χ3n) is 5.11. The summed E-state index contributed by atoms with van der Waals surface area (Å²) in [5.74, 6) is 0.250. The molecule has 4 rings (SSSR count). The predicted octanol–water partition coefficient (Wildman–Crippen LogP) is 5.28. The molecule has 0 radical (unpaired) electrons. The Labute approximate surface area is 171 Å². The minimum absolute atomic E-state index is 0.109. The number of benzene rings is 2. The molecule has 0 spiro atoms. The number of hydrogen-bond acceptors (Lipinski definition) is 2. The fourth-order valence-electron chi connectivity index (χ4n) is 3.47. The van der Waals surface area contributed by atoms with E-state index in [-0.39, 0.29) is 5.91 Å². The molecule has 0 saturated heterocycles. The van der Waals surface area contributed by atoms with E-state index in [2.05, 4.69) is 48.0 Å². The molecule has 0 aliphatic carbocycles. The summed E-state index contributed by atoms with van der Waals surface area (Å²) in [5, 5.41) is 0. The van der Waals surface area contributed by atoms with Gasteiger partial charge in [0.1, 0.15) is 0 Å². The lowest BCUT2D eigenvalue weighted by molar-refractivity contribution is 0.0693. The molecule has 0 saturated carbocycles. The van der Waals surface area contributed by atoms with Crippen LogP contribution in [0.15, 0.2) is 95.7 Å². The number of amides is 1. The minimum Gasteiger partial charge on any atom is -0.459 e. The number of carbonyl (C=O) groups is 1. The summed E-state index contributed by atoms with van der Waals surface area (Å²) in [6, 6.07) is 26.0. The van der Waals surface area contributed by atoms with E-state index in [9.17, 15) is 4.79 Å². The van der Waals surface area contributed by atoms with Crippen LogP contribution in [-0.2, 0) is 19.6 Å². The average Bonchev–Trinajstić information content (AvgIpc) is 3.42. The van der Waals surface area contributed by atoms with Crippen LogP contribution in [0.25, 0.3) is 0 Å². The first-order chi connectivity index (χ1) is 14.2. The molecule has 0 unspecified atom stereocenters. The van der Waals surface area contributed by atoms with Crippen molar-refractivity contribution in [3.8, 4) is 0 Å². The molecular weight excluding hydrogens is 360 g/mol. The minimum atomic E-state index is -0.109. The molecule has 0 bridgehead atoms. The summed E-state index contributed by atoms with van der Waals surface area (Å²) in [7, 11) is 0. The normalized spacial score (nSPS) is 10.8. The van der Waals surface area contributed by atoms with Gasteiger partial charge in [0, 0.05) is 25.0 Å². The van der Waals surface area contributed by atoms with Crippen LogP contribution >= 0.6 is 0 Å². The number of carbonyl (C=O) groups excluding carboxylic acids is 1. The van der Waals surface area contributed by atoms with Crippen LogP contribution in [0.1, 0.15) is 32.9 Å². The van der Waals surface area contributed by atoms with E-state index in [1.165, 1.54) is 17.4 Å². The number of furan rings is 1. The van der Waals surface area contributed by atoms with E-state index in [0.717, 1.165) is 17.8 Å². The Morgan fingerprint density at radius 1 is 0.897 bits per heavy atom. The molecular formula is C25H24N2O2. The van der Waals surface area contributed by atoms with Crippen molar-refractivity contribution in [2.75, 3.05) is 0 Å². The molecule has 2 aromatic heterocycles. The fraction of sp³-hybridized carbons (Fsp3) is 0.160. The van der Waals surface area contributed by atoms with Gasteiger partial charge in [-0.15, -0.1) is 0 Å². The average molecular weight is 384 g/mol. The predicted molar refractivity (Wildman–Crippen MR) is 113 cm³/mol. The molecule has 0 aliphatic rings. The van der Waals surface area contributed by atoms with Gasteiger partial charge in [-0.05, 0) is 47.9 Å². The van der Waals surface area contributed by atoms with Crippen LogP contribution in [0.5, 0.6) is 0 Å². The van der Waals surface area contributed by atoms with E-state index in [1.807, 2.05) is 41.3 Å². The van der Waals surface area contributed by atoms with Gasteiger partial charge in [-0.1, -0.05) is 54.6 Å². The fourth-order valence-corrected chi connectivity index (χ4v) is 3.47. The van der Waals surface area contributed by atoms with E-state index in [4.69, 9.17) is 4.42 Å². The Morgan fingerprint density at radius 2 is 1.69 bits per heavy atom. The van der Waals surface area contributed by atoms with Crippen molar-refractivity contribution >= 4 is 5.91 Å². The van der Waals surface area contributed by atoms with Crippen LogP contribution in [-0.4, -0.2) is 15.4 Å². The van der Waals surface area contributed by atoms with Crippen molar-refractivity contribution < 1.29 is 9.21 Å². The first kappa shape index (κ1) is 18.8. The SMILES string of the molecule is Cc1ccccc1Cn1cccc1CN(Cc1ccccc1)C(=O)c1ccco1. The molecule has 0 N–H and O–H groups in total. The Bertz CT molecular complexity index is 1070. The van der Waals surface area contributed by atoms with Gasteiger partial charge in [0.25, 0.3) is 5.91 Å². The summed E-state index contributed by atoms with van der Waals surface area (Å²) in [5.41, 5.74) is 4.71. The highest BCUT2D eigenvalue weighted by atomic mass is 16.3. The summed E-state index contributed by atoms with van der Waals surface area (Å²) in [4.78, 5) is 14.9. The van der Waals surface area contributed by atoms with Gasteiger partial charge in [0.05, 0.1) is 12.8 Å². The van der Waals surface area contributed by atoms with Gasteiger partial charge < -0.3 is 13.9 Å². The Morgan fingerprint density at radius 3 is 2.45 bits per heavy atom. The van der Waals surface area contributed by atoms with Crippen LogP contribution < -0.4 is 0 Å². The van der Waals surface area contributed by atoms with E-state index in [1.54, 1.807) is 12.1 Å². The number of nitrogens with zero attached hydrogens (tertiary/aromatic N) is 2. The van der Waals surface area contributed by atoms with Crippen LogP contribution in [0.4, 0.5) is 0 Å². The summed E-state index contributed by atoms with van der Waals surface area (Å²) in [6.07, 6.45) is 3.61. The molecule has 0 aliphatic heterocycles. The summed E-state index contributed by atoms with van der Waals surface area (Å²) < 4.78 is 7.58. The maximum absolute atomic E-state index is 13.1. The van der Waals surface area contributed by atoms with Crippen molar-refractivity contribution in [2.24, 2.45) is 0 Å². The second kappa shape index (κ2) is 8.65. The molecule has 2 aromatic carbocycles. The second-order valence-electron chi connectivity index (χ2n) is 7.18. The number of hydrogen-bond donors (Lipinski definition) is 0. The van der Waals surface area contributed by atoms with Crippen molar-refractivity contribution in [2.45, 2.75) is 26.6 Å². The highest BCUT2D eigenvalue weighted by Crippen LogP contribution is 2.17. The molecule has 4 aromatic rings. The van der Waals surface area contributed by atoms with Gasteiger partial charge in [-0.2, -0.15) is 0 Å². The first-order valence-corrected chi connectivity index (χ1v) is 9.76. The van der Waals surface area contributed by atoms with Crippen molar-refractivity contribution in [1.82, 2.24) is 9.47 Å². The Kier molecular flexibility index (Phi) is 5.61. The molecule has 29 heavy (non-hydrogen) atoms. The van der Waals surface area contributed by atoms with Gasteiger partial charge in [0.2, 0.25) is 0 Å². The van der Waals surface area contributed by atoms with Gasteiger partial charge >= 0.3 is 0 Å². The summed E-state index contributed by atoms with van der Waals surface area (Å²) in [6.45, 7) is 3.94. The topological polar surface area (TPSA) is 38.4 Å². The van der Waals surface area contributed by atoms with Crippen molar-refractivity contribution in [3.05, 3.63) is 119 Å². The highest BCUT2D eigenvalue weighted by Gasteiger charge is 2.20. The lowest BCUT2D eigenvalue weighted by Gasteiger charge is -2.23. The molecule has 0 atom stereocenters. The number of rotatable bonds is 7. The monoisotopic (exact) mass is 384 g/mol. The molecule has 4 nitrogen and oxygen atoms in total. The molecule has 1 amide bonds. The van der Waals surface area contributed by atoms with Crippen molar-refractivity contribution in [1.29, 1.82) is 0 Å².